The Morgan fingerprint density at radius 3 is 2.85 bits per heavy atom. The molecule has 1 unspecified atom stereocenters. The van der Waals surface area contributed by atoms with Crippen molar-refractivity contribution in [3.8, 4) is 0 Å². The maximum Gasteiger partial charge on any atom is 0.242 e. The smallest absolute Gasteiger partial charge is 0.242 e. The highest BCUT2D eigenvalue weighted by Crippen LogP contribution is 2.13. The predicted octanol–water partition coefficient (Wildman–Crippen LogP) is -0.891. The third-order valence-corrected chi connectivity index (χ3v) is 2.14. The van der Waals surface area contributed by atoms with E-state index in [0.29, 0.717) is 13.0 Å². The van der Waals surface area contributed by atoms with E-state index < -0.39 is 11.9 Å². The molecule has 1 aliphatic heterocycles. The zero-order chi connectivity index (χ0) is 9.84. The van der Waals surface area contributed by atoms with Crippen molar-refractivity contribution >= 4 is 11.8 Å². The lowest BCUT2D eigenvalue weighted by molar-refractivity contribution is -0.137. The van der Waals surface area contributed by atoms with Crippen LogP contribution in [0.2, 0.25) is 0 Å². The Morgan fingerprint density at radius 1 is 1.77 bits per heavy atom. The van der Waals surface area contributed by atoms with Gasteiger partial charge in [-0.1, -0.05) is 0 Å². The number of hydrogen-bond donors (Lipinski definition) is 1. The highest BCUT2D eigenvalue weighted by Gasteiger charge is 2.31. The van der Waals surface area contributed by atoms with Crippen LogP contribution in [0.15, 0.2) is 0 Å². The second kappa shape index (κ2) is 4.23. The molecule has 5 heteroatoms. The molecule has 0 aromatic heterocycles. The van der Waals surface area contributed by atoms with Gasteiger partial charge in [0.1, 0.15) is 6.04 Å². The average Bonchev–Trinajstić information content (AvgIpc) is 2.47. The molecule has 74 valence electrons. The molecule has 2 N–H and O–H groups in total. The minimum atomic E-state index is -0.597. The Kier molecular flexibility index (Phi) is 3.25. The third kappa shape index (κ3) is 2.18. The number of rotatable bonds is 4. The monoisotopic (exact) mass is 186 g/mol. The van der Waals surface area contributed by atoms with Crippen molar-refractivity contribution < 1.29 is 14.3 Å². The Balaban J connectivity index is 2.63. The molecule has 0 radical (unpaired) electrons. The van der Waals surface area contributed by atoms with Crippen LogP contribution in [0.1, 0.15) is 12.8 Å². The fraction of sp³-hybridized carbons (Fsp3) is 0.750. The number of nitrogens with zero attached hydrogens (tertiary/aromatic N) is 1. The van der Waals surface area contributed by atoms with Crippen LogP contribution in [0.3, 0.4) is 0 Å². The molecule has 1 atom stereocenters. The lowest BCUT2D eigenvalue weighted by atomic mass is 10.2. The van der Waals surface area contributed by atoms with Crippen molar-refractivity contribution in [3.05, 3.63) is 0 Å². The van der Waals surface area contributed by atoms with Crippen molar-refractivity contribution in [2.24, 2.45) is 5.73 Å². The molecular formula is C8H14N2O3. The summed E-state index contributed by atoms with van der Waals surface area (Å²) in [5, 5.41) is 0. The van der Waals surface area contributed by atoms with Crippen LogP contribution in [-0.2, 0) is 14.3 Å². The van der Waals surface area contributed by atoms with Gasteiger partial charge in [0.2, 0.25) is 11.8 Å². The molecule has 0 bridgehead atoms. The lowest BCUT2D eigenvalue weighted by Crippen LogP contribution is -2.48. The number of nitrogens with two attached hydrogens (primary N) is 1. The summed E-state index contributed by atoms with van der Waals surface area (Å²) >= 11 is 0. The van der Waals surface area contributed by atoms with Gasteiger partial charge in [0.25, 0.3) is 0 Å². The first-order valence-corrected chi connectivity index (χ1v) is 4.24. The van der Waals surface area contributed by atoms with Gasteiger partial charge < -0.3 is 15.4 Å². The molecule has 1 heterocycles. The number of carbonyl (C=O) groups is 2. The minimum absolute atomic E-state index is 0.0131. The molecule has 1 aliphatic rings. The Labute approximate surface area is 76.8 Å². The molecule has 13 heavy (non-hydrogen) atoms. The second-order valence-electron chi connectivity index (χ2n) is 3.06. The summed E-state index contributed by atoms with van der Waals surface area (Å²) in [5.41, 5.74) is 5.15. The van der Waals surface area contributed by atoms with Gasteiger partial charge in [0.15, 0.2) is 0 Å². The molecule has 0 aromatic rings. The highest BCUT2D eigenvalue weighted by atomic mass is 16.5. The van der Waals surface area contributed by atoms with E-state index in [2.05, 4.69) is 0 Å². The van der Waals surface area contributed by atoms with E-state index in [1.54, 1.807) is 0 Å². The average molecular weight is 186 g/mol. The van der Waals surface area contributed by atoms with E-state index in [9.17, 15) is 9.59 Å². The molecule has 0 saturated carbocycles. The van der Waals surface area contributed by atoms with Gasteiger partial charge in [-0.3, -0.25) is 9.59 Å². The maximum absolute atomic E-state index is 11.3. The molecule has 0 spiro atoms. The van der Waals surface area contributed by atoms with E-state index in [1.807, 2.05) is 0 Å². The zero-order valence-electron chi connectivity index (χ0n) is 7.66. The van der Waals surface area contributed by atoms with Gasteiger partial charge in [-0.2, -0.15) is 0 Å². The van der Waals surface area contributed by atoms with Gasteiger partial charge in [0.05, 0.1) is 6.61 Å². The van der Waals surface area contributed by atoms with Crippen LogP contribution < -0.4 is 5.73 Å². The van der Waals surface area contributed by atoms with Gasteiger partial charge in [-0.05, 0) is 6.42 Å². The van der Waals surface area contributed by atoms with Crippen molar-refractivity contribution in [2.45, 2.75) is 18.9 Å². The normalized spacial score (nSPS) is 19.2. The molecule has 0 aliphatic carbocycles. The molecule has 2 amide bonds. The predicted molar refractivity (Wildman–Crippen MR) is 45.8 cm³/mol. The standard InChI is InChI=1S/C8H14N2O3/c1-13-5-6(8(9)12)10-4-2-3-7(10)11/h6H,2-5H2,1H3,(H2,9,12). The summed E-state index contributed by atoms with van der Waals surface area (Å²) in [4.78, 5) is 23.7. The van der Waals surface area contributed by atoms with Crippen LogP contribution >= 0.6 is 0 Å². The van der Waals surface area contributed by atoms with E-state index in [0.717, 1.165) is 6.42 Å². The molecule has 0 aromatic carbocycles. The molecular weight excluding hydrogens is 172 g/mol. The first-order chi connectivity index (χ1) is 6.16. The van der Waals surface area contributed by atoms with E-state index in [-0.39, 0.29) is 12.5 Å². The van der Waals surface area contributed by atoms with Crippen LogP contribution in [0.4, 0.5) is 0 Å². The number of carbonyl (C=O) groups excluding carboxylic acids is 2. The Hall–Kier alpha value is -1.10. The number of ether oxygens (including phenoxy) is 1. The summed E-state index contributed by atoms with van der Waals surface area (Å²) in [6, 6.07) is -0.597. The Morgan fingerprint density at radius 2 is 2.46 bits per heavy atom. The molecule has 5 nitrogen and oxygen atoms in total. The summed E-state index contributed by atoms with van der Waals surface area (Å²) in [7, 11) is 1.48. The van der Waals surface area contributed by atoms with Crippen molar-refractivity contribution in [1.82, 2.24) is 4.90 Å². The quantitative estimate of drug-likeness (QED) is 0.619. The molecule has 1 rings (SSSR count). The third-order valence-electron chi connectivity index (χ3n) is 2.14. The highest BCUT2D eigenvalue weighted by molar-refractivity contribution is 5.87. The van der Waals surface area contributed by atoms with Crippen LogP contribution in [0, 0.1) is 0 Å². The lowest BCUT2D eigenvalue weighted by Gasteiger charge is -2.23. The number of hydrogen-bond acceptors (Lipinski definition) is 3. The van der Waals surface area contributed by atoms with Crippen LogP contribution in [0.5, 0.6) is 0 Å². The minimum Gasteiger partial charge on any atom is -0.382 e. The summed E-state index contributed by atoms with van der Waals surface area (Å²) in [5.74, 6) is -0.516. The summed E-state index contributed by atoms with van der Waals surface area (Å²) < 4.78 is 4.83. The van der Waals surface area contributed by atoms with Gasteiger partial charge >= 0.3 is 0 Å². The van der Waals surface area contributed by atoms with Gasteiger partial charge in [-0.15, -0.1) is 0 Å². The van der Waals surface area contributed by atoms with Gasteiger partial charge in [-0.25, -0.2) is 0 Å². The zero-order valence-corrected chi connectivity index (χ0v) is 7.66. The largest absolute Gasteiger partial charge is 0.382 e. The summed E-state index contributed by atoms with van der Waals surface area (Å²) in [6.07, 6.45) is 1.31. The molecule has 1 saturated heterocycles. The van der Waals surface area contributed by atoms with Crippen molar-refractivity contribution in [2.75, 3.05) is 20.3 Å². The van der Waals surface area contributed by atoms with E-state index in [4.69, 9.17) is 10.5 Å². The first-order valence-electron chi connectivity index (χ1n) is 4.24. The molecule has 1 fully saturated rings. The number of amides is 2. The SMILES string of the molecule is COCC(C(N)=O)N1CCCC1=O. The van der Waals surface area contributed by atoms with Crippen molar-refractivity contribution in [1.29, 1.82) is 0 Å². The number of methoxy groups -OCH3 is 1. The maximum atomic E-state index is 11.3. The fourth-order valence-electron chi connectivity index (χ4n) is 1.48. The number of likely N-dealkylation sites (tertiary alicyclic amines) is 1. The summed E-state index contributed by atoms with van der Waals surface area (Å²) in [6.45, 7) is 0.789. The fourth-order valence-corrected chi connectivity index (χ4v) is 1.48. The van der Waals surface area contributed by atoms with E-state index >= 15 is 0 Å². The Bertz CT molecular complexity index is 217. The van der Waals surface area contributed by atoms with E-state index in [1.165, 1.54) is 12.0 Å². The topological polar surface area (TPSA) is 72.6 Å². The number of primary amides is 1. The van der Waals surface area contributed by atoms with Crippen LogP contribution in [0.25, 0.3) is 0 Å². The van der Waals surface area contributed by atoms with Crippen LogP contribution in [-0.4, -0.2) is 43.0 Å². The second-order valence-corrected chi connectivity index (χ2v) is 3.06. The van der Waals surface area contributed by atoms with Crippen molar-refractivity contribution in [3.63, 3.8) is 0 Å². The first kappa shape index (κ1) is 9.98. The van der Waals surface area contributed by atoms with Gasteiger partial charge in [0, 0.05) is 20.1 Å².